The summed E-state index contributed by atoms with van der Waals surface area (Å²) in [6, 6.07) is 19.0. The van der Waals surface area contributed by atoms with Gasteiger partial charge in [-0.15, -0.1) is 0 Å². The molecule has 5 aromatic rings. The van der Waals surface area contributed by atoms with Crippen LogP contribution in [0.5, 0.6) is 11.5 Å². The third-order valence-electron chi connectivity index (χ3n) is 8.18. The first-order chi connectivity index (χ1) is 23.2. The van der Waals surface area contributed by atoms with Crippen molar-refractivity contribution in [3.63, 3.8) is 0 Å². The van der Waals surface area contributed by atoms with Crippen molar-refractivity contribution in [2.75, 3.05) is 20.0 Å². The predicted molar refractivity (Wildman–Crippen MR) is 181 cm³/mol. The molecule has 8 nitrogen and oxygen atoms in total. The number of methoxy groups -OCH3 is 2. The van der Waals surface area contributed by atoms with Gasteiger partial charge in [0.15, 0.2) is 11.5 Å². The first-order valence-corrected chi connectivity index (χ1v) is 15.1. The normalized spacial score (nSPS) is 13.9. The van der Waals surface area contributed by atoms with E-state index < -0.39 is 17.2 Å². The van der Waals surface area contributed by atoms with E-state index >= 15 is 0 Å². The number of nitrogens with one attached hydrogen (secondary N) is 1. The number of halogens is 2. The summed E-state index contributed by atoms with van der Waals surface area (Å²) < 4.78 is 39.7. The van der Waals surface area contributed by atoms with Crippen LogP contribution in [0.15, 0.2) is 120 Å². The van der Waals surface area contributed by atoms with Gasteiger partial charge in [-0.3, -0.25) is 9.59 Å². The van der Waals surface area contributed by atoms with Gasteiger partial charge >= 0.3 is 0 Å². The van der Waals surface area contributed by atoms with Gasteiger partial charge in [-0.25, -0.2) is 13.8 Å². The van der Waals surface area contributed by atoms with E-state index in [0.717, 1.165) is 22.3 Å². The van der Waals surface area contributed by atoms with E-state index in [0.29, 0.717) is 35.0 Å². The molecular formula is C38H32F2N4O4. The van der Waals surface area contributed by atoms with E-state index in [2.05, 4.69) is 10.3 Å². The summed E-state index contributed by atoms with van der Waals surface area (Å²) in [5.41, 5.74) is 10.3. The van der Waals surface area contributed by atoms with Crippen molar-refractivity contribution in [1.29, 1.82) is 0 Å². The molecule has 2 heterocycles. The zero-order valence-electron chi connectivity index (χ0n) is 26.2. The Morgan fingerprint density at radius 3 is 2.27 bits per heavy atom. The van der Waals surface area contributed by atoms with Gasteiger partial charge in [0.25, 0.3) is 5.91 Å². The maximum absolute atomic E-state index is 13.7. The zero-order chi connectivity index (χ0) is 33.8. The highest BCUT2D eigenvalue weighted by Crippen LogP contribution is 2.36. The Kier molecular flexibility index (Phi) is 9.15. The summed E-state index contributed by atoms with van der Waals surface area (Å²) in [6.45, 7) is 0.275. The van der Waals surface area contributed by atoms with E-state index in [-0.39, 0.29) is 29.4 Å². The van der Waals surface area contributed by atoms with Crippen LogP contribution in [0.25, 0.3) is 22.3 Å². The molecule has 0 saturated heterocycles. The number of benzene rings is 3. The van der Waals surface area contributed by atoms with Gasteiger partial charge < -0.3 is 25.1 Å². The number of hydrogen-bond donors (Lipinski definition) is 2. The quantitative estimate of drug-likeness (QED) is 0.181. The second-order valence-corrected chi connectivity index (χ2v) is 11.3. The number of nitrogens with two attached hydrogens (primary N) is 1. The first-order valence-electron chi connectivity index (χ1n) is 15.1. The standard InChI is InChI=1S/C38H32F2N4O4/c1-47-34-16-9-26(18-35(34)48-2)27-17-31(37(41)42-19-27)24-7-14-30(15-8-24)43-38(46)33-22-44(20-23-3-10-28(39)11-4-23)21-32(36(33)45)25-5-12-29(40)13-6-25/h3-7,9-19,21-22,24H,8,20H2,1-2H3,(H2,41,42)(H,43,46). The maximum Gasteiger partial charge on any atom is 0.261 e. The van der Waals surface area contributed by atoms with Crippen LogP contribution in [0.2, 0.25) is 0 Å². The van der Waals surface area contributed by atoms with Crippen LogP contribution in [0, 0.1) is 11.6 Å². The van der Waals surface area contributed by atoms with Gasteiger partial charge in [-0.05, 0) is 71.7 Å². The molecule has 2 aromatic heterocycles. The van der Waals surface area contributed by atoms with Crippen molar-refractivity contribution in [2.24, 2.45) is 0 Å². The number of pyridine rings is 2. The number of nitrogen functional groups attached to an aromatic ring is 1. The molecule has 0 saturated carbocycles. The van der Waals surface area contributed by atoms with Gasteiger partial charge in [0.1, 0.15) is 23.0 Å². The molecule has 48 heavy (non-hydrogen) atoms. The molecule has 1 amide bonds. The minimum Gasteiger partial charge on any atom is -0.493 e. The molecule has 0 fully saturated rings. The van der Waals surface area contributed by atoms with E-state index in [1.165, 1.54) is 42.6 Å². The van der Waals surface area contributed by atoms with Gasteiger partial charge in [0, 0.05) is 53.4 Å². The number of allylic oxidation sites excluding steroid dienone is 3. The van der Waals surface area contributed by atoms with Crippen molar-refractivity contribution in [3.8, 4) is 33.8 Å². The minimum atomic E-state index is -0.595. The molecule has 3 aromatic carbocycles. The second-order valence-electron chi connectivity index (χ2n) is 11.3. The largest absolute Gasteiger partial charge is 0.493 e. The Morgan fingerprint density at radius 2 is 1.60 bits per heavy atom. The summed E-state index contributed by atoms with van der Waals surface area (Å²) in [5.74, 6) is 0.100. The van der Waals surface area contributed by atoms with Gasteiger partial charge in [-0.1, -0.05) is 42.5 Å². The number of carbonyl (C=O) groups is 1. The van der Waals surface area contributed by atoms with Crippen LogP contribution >= 0.6 is 0 Å². The molecule has 3 N–H and O–H groups in total. The average molecular weight is 647 g/mol. The highest BCUT2D eigenvalue weighted by molar-refractivity contribution is 5.96. The Bertz CT molecular complexity index is 2110. The lowest BCUT2D eigenvalue weighted by Gasteiger charge is -2.19. The van der Waals surface area contributed by atoms with E-state index in [9.17, 15) is 18.4 Å². The van der Waals surface area contributed by atoms with Crippen molar-refractivity contribution in [1.82, 2.24) is 14.9 Å². The second kappa shape index (κ2) is 13.8. The summed E-state index contributed by atoms with van der Waals surface area (Å²) in [6.07, 6.45) is 10.9. The lowest BCUT2D eigenvalue weighted by molar-refractivity contribution is 0.0965. The molecule has 0 radical (unpaired) electrons. The van der Waals surface area contributed by atoms with E-state index in [4.69, 9.17) is 15.2 Å². The summed E-state index contributed by atoms with van der Waals surface area (Å²) in [4.78, 5) is 31.6. The van der Waals surface area contributed by atoms with E-state index in [1.54, 1.807) is 49.4 Å². The molecule has 1 unspecified atom stereocenters. The number of anilines is 1. The number of amides is 1. The molecule has 10 heteroatoms. The molecule has 0 spiro atoms. The maximum atomic E-state index is 13.7. The summed E-state index contributed by atoms with van der Waals surface area (Å²) >= 11 is 0. The average Bonchev–Trinajstić information content (AvgIpc) is 3.10. The van der Waals surface area contributed by atoms with Crippen LogP contribution in [-0.2, 0) is 6.54 Å². The summed E-state index contributed by atoms with van der Waals surface area (Å²) in [5, 5.41) is 2.85. The molecule has 1 aliphatic rings. The smallest absolute Gasteiger partial charge is 0.261 e. The monoisotopic (exact) mass is 646 g/mol. The topological polar surface area (TPSA) is 108 Å². The van der Waals surface area contributed by atoms with Gasteiger partial charge in [0.2, 0.25) is 5.43 Å². The van der Waals surface area contributed by atoms with Gasteiger partial charge in [0.05, 0.1) is 14.2 Å². The van der Waals surface area contributed by atoms with Crippen molar-refractivity contribution >= 4 is 11.7 Å². The van der Waals surface area contributed by atoms with Crippen LogP contribution < -0.4 is 26.0 Å². The zero-order valence-corrected chi connectivity index (χ0v) is 26.2. The van der Waals surface area contributed by atoms with Crippen LogP contribution in [0.1, 0.15) is 33.8 Å². The van der Waals surface area contributed by atoms with Gasteiger partial charge in [-0.2, -0.15) is 0 Å². The third kappa shape index (κ3) is 6.87. The fraction of sp³-hybridized carbons (Fsp3) is 0.132. The Balaban J connectivity index is 1.24. The highest BCUT2D eigenvalue weighted by Gasteiger charge is 2.20. The third-order valence-corrected chi connectivity index (χ3v) is 8.18. The van der Waals surface area contributed by atoms with E-state index in [1.807, 2.05) is 36.4 Å². The van der Waals surface area contributed by atoms with Crippen LogP contribution in [0.3, 0.4) is 0 Å². The van der Waals surface area contributed by atoms with Crippen molar-refractivity contribution < 1.29 is 23.0 Å². The number of hydrogen-bond acceptors (Lipinski definition) is 6. The molecule has 1 atom stereocenters. The fourth-order valence-corrected chi connectivity index (χ4v) is 5.63. The first kappa shape index (κ1) is 31.9. The highest BCUT2D eigenvalue weighted by atomic mass is 19.1. The predicted octanol–water partition coefficient (Wildman–Crippen LogP) is 6.86. The molecule has 1 aliphatic carbocycles. The number of rotatable bonds is 9. The summed E-state index contributed by atoms with van der Waals surface area (Å²) in [7, 11) is 3.16. The van der Waals surface area contributed by atoms with Crippen molar-refractivity contribution in [2.45, 2.75) is 18.9 Å². The molecule has 0 aliphatic heterocycles. The molecular weight excluding hydrogens is 614 g/mol. The SMILES string of the molecule is COc1ccc(-c2cnc(N)c(C3C=CC(NC(=O)c4cn(Cc5ccc(F)cc5)cc(-c5ccc(F)cc5)c4=O)=CC3)c2)cc1OC. The Hall–Kier alpha value is -6.03. The molecule has 0 bridgehead atoms. The molecule has 242 valence electrons. The van der Waals surface area contributed by atoms with Crippen LogP contribution in [-0.4, -0.2) is 29.7 Å². The minimum absolute atomic E-state index is 0.0913. The lowest BCUT2D eigenvalue weighted by atomic mass is 9.90. The number of carbonyl (C=O) groups excluding carboxylic acids is 1. The lowest BCUT2D eigenvalue weighted by Crippen LogP contribution is -2.30. The number of ether oxygens (including phenoxy) is 2. The van der Waals surface area contributed by atoms with Crippen LogP contribution in [0.4, 0.5) is 14.6 Å². The molecule has 6 rings (SSSR count). The Labute approximate surface area is 275 Å². The number of nitrogens with zero attached hydrogens (tertiary/aromatic N) is 2. The van der Waals surface area contributed by atoms with Crippen molar-refractivity contribution in [3.05, 3.63) is 154 Å². The number of aromatic nitrogens is 2. The fourth-order valence-electron chi connectivity index (χ4n) is 5.63. The Morgan fingerprint density at radius 1 is 0.917 bits per heavy atom.